The molecular weight excluding hydrogens is 344 g/mol. The molecule has 2 aromatic rings. The summed E-state index contributed by atoms with van der Waals surface area (Å²) in [4.78, 5) is 12.3. The van der Waals surface area contributed by atoms with Crippen molar-refractivity contribution in [3.05, 3.63) is 59.1 Å². The highest BCUT2D eigenvalue weighted by Gasteiger charge is 2.25. The number of aliphatic hydroxyl groups excluding tert-OH is 2. The van der Waals surface area contributed by atoms with Gasteiger partial charge < -0.3 is 26.0 Å². The molecule has 0 aromatic heterocycles. The van der Waals surface area contributed by atoms with Crippen molar-refractivity contribution in [1.82, 2.24) is 5.32 Å². The first kappa shape index (κ1) is 19.1. The molecule has 6 nitrogen and oxygen atoms in total. The number of carbonyl (C=O) groups is 1. The molecule has 0 saturated carbocycles. The minimum atomic E-state index is -1.08. The summed E-state index contributed by atoms with van der Waals surface area (Å²) in [6, 6.07) is 12.5. The summed E-state index contributed by atoms with van der Waals surface area (Å²) in [6.45, 7) is 1.12. The fourth-order valence-electron chi connectivity index (χ4n) is 2.23. The van der Waals surface area contributed by atoms with Crippen molar-refractivity contribution in [3.63, 3.8) is 0 Å². The molecule has 2 rings (SSSR count). The van der Waals surface area contributed by atoms with E-state index in [-0.39, 0.29) is 0 Å². The van der Waals surface area contributed by atoms with Crippen LogP contribution in [-0.4, -0.2) is 34.9 Å². The molecule has 0 aliphatic carbocycles. The standard InChI is InChI=1S/C18H21ClN2O4/c1-11(25-16-5-3-2-4-14(16)19)18(24)21-15(10-22)17(23)12-6-8-13(20)9-7-12/h2-9,11,15,17,22-23H,10,20H2,1H3,(H,21,24). The molecule has 0 saturated heterocycles. The van der Waals surface area contributed by atoms with E-state index in [1.165, 1.54) is 0 Å². The van der Waals surface area contributed by atoms with Gasteiger partial charge in [0.1, 0.15) is 11.9 Å². The maximum atomic E-state index is 12.3. The van der Waals surface area contributed by atoms with E-state index >= 15 is 0 Å². The molecule has 0 radical (unpaired) electrons. The van der Waals surface area contributed by atoms with E-state index < -0.39 is 30.8 Å². The molecule has 0 fully saturated rings. The first-order chi connectivity index (χ1) is 11.9. The van der Waals surface area contributed by atoms with Crippen LogP contribution < -0.4 is 15.8 Å². The Labute approximate surface area is 151 Å². The zero-order chi connectivity index (χ0) is 18.4. The normalized spacial score (nSPS) is 14.4. The van der Waals surface area contributed by atoms with Gasteiger partial charge in [0.2, 0.25) is 0 Å². The van der Waals surface area contributed by atoms with Crippen molar-refractivity contribution in [2.45, 2.75) is 25.2 Å². The molecule has 5 N–H and O–H groups in total. The minimum Gasteiger partial charge on any atom is -0.479 e. The van der Waals surface area contributed by atoms with Crippen molar-refractivity contribution in [3.8, 4) is 5.75 Å². The summed E-state index contributed by atoms with van der Waals surface area (Å²) in [5.41, 5.74) is 6.71. The monoisotopic (exact) mass is 364 g/mol. The largest absolute Gasteiger partial charge is 0.479 e. The Morgan fingerprint density at radius 2 is 1.88 bits per heavy atom. The van der Waals surface area contributed by atoms with E-state index in [4.69, 9.17) is 22.1 Å². The van der Waals surface area contributed by atoms with Gasteiger partial charge in [-0.15, -0.1) is 0 Å². The summed E-state index contributed by atoms with van der Waals surface area (Å²) in [5, 5.41) is 22.8. The number of amides is 1. The lowest BCUT2D eigenvalue weighted by molar-refractivity contribution is -0.129. The highest BCUT2D eigenvalue weighted by molar-refractivity contribution is 6.32. The Morgan fingerprint density at radius 1 is 1.24 bits per heavy atom. The Morgan fingerprint density at radius 3 is 2.48 bits per heavy atom. The van der Waals surface area contributed by atoms with Crippen LogP contribution in [-0.2, 0) is 4.79 Å². The molecule has 0 heterocycles. The van der Waals surface area contributed by atoms with Gasteiger partial charge in [-0.05, 0) is 36.8 Å². The van der Waals surface area contributed by atoms with Crippen molar-refractivity contribution in [2.75, 3.05) is 12.3 Å². The van der Waals surface area contributed by atoms with Crippen LogP contribution in [0.1, 0.15) is 18.6 Å². The Bertz CT molecular complexity index is 708. The highest BCUT2D eigenvalue weighted by atomic mass is 35.5. The lowest BCUT2D eigenvalue weighted by Crippen LogP contribution is -2.47. The third kappa shape index (κ3) is 5.09. The van der Waals surface area contributed by atoms with Gasteiger partial charge in [-0.1, -0.05) is 35.9 Å². The van der Waals surface area contributed by atoms with Crippen LogP contribution in [0.5, 0.6) is 5.75 Å². The van der Waals surface area contributed by atoms with E-state index in [2.05, 4.69) is 5.32 Å². The van der Waals surface area contributed by atoms with Crippen LogP contribution >= 0.6 is 11.6 Å². The predicted octanol–water partition coefficient (Wildman–Crippen LogP) is 1.90. The van der Waals surface area contributed by atoms with Gasteiger partial charge in [-0.2, -0.15) is 0 Å². The maximum absolute atomic E-state index is 12.3. The number of hydrogen-bond donors (Lipinski definition) is 4. The number of para-hydroxylation sites is 1. The molecule has 2 aromatic carbocycles. The summed E-state index contributed by atoms with van der Waals surface area (Å²) in [5.74, 6) is -0.0973. The van der Waals surface area contributed by atoms with E-state index in [9.17, 15) is 15.0 Å². The zero-order valence-electron chi connectivity index (χ0n) is 13.7. The third-order valence-electron chi connectivity index (χ3n) is 3.69. The number of aliphatic hydroxyl groups is 2. The first-order valence-corrected chi connectivity index (χ1v) is 8.16. The second-order valence-corrected chi connectivity index (χ2v) is 6.01. The van der Waals surface area contributed by atoms with Gasteiger partial charge in [-0.3, -0.25) is 4.79 Å². The number of hydrogen-bond acceptors (Lipinski definition) is 5. The second-order valence-electron chi connectivity index (χ2n) is 5.60. The van der Waals surface area contributed by atoms with Crippen LogP contribution in [0.2, 0.25) is 5.02 Å². The number of ether oxygens (including phenoxy) is 1. The molecule has 3 atom stereocenters. The number of nitrogens with one attached hydrogen (secondary N) is 1. The molecule has 1 amide bonds. The second kappa shape index (κ2) is 8.71. The van der Waals surface area contributed by atoms with E-state index in [1.54, 1.807) is 55.5 Å². The summed E-state index contributed by atoms with van der Waals surface area (Å²) in [7, 11) is 0. The molecule has 3 unspecified atom stereocenters. The average molecular weight is 365 g/mol. The Kier molecular flexibility index (Phi) is 6.64. The average Bonchev–Trinajstić information content (AvgIpc) is 2.61. The Balaban J connectivity index is 2.01. The number of anilines is 1. The molecule has 0 aliphatic rings. The Hall–Kier alpha value is -2.28. The minimum absolute atomic E-state index is 0.381. The van der Waals surface area contributed by atoms with Crippen molar-refractivity contribution >= 4 is 23.2 Å². The number of nitrogens with two attached hydrogens (primary N) is 1. The predicted molar refractivity (Wildman–Crippen MR) is 96.4 cm³/mol. The van der Waals surface area contributed by atoms with Crippen molar-refractivity contribution in [1.29, 1.82) is 0 Å². The smallest absolute Gasteiger partial charge is 0.261 e. The van der Waals surface area contributed by atoms with Crippen LogP contribution in [0.3, 0.4) is 0 Å². The van der Waals surface area contributed by atoms with Gasteiger partial charge in [-0.25, -0.2) is 0 Å². The summed E-state index contributed by atoms with van der Waals surface area (Å²) in [6.07, 6.45) is -1.94. The van der Waals surface area contributed by atoms with Gasteiger partial charge in [0.25, 0.3) is 5.91 Å². The molecule has 0 bridgehead atoms. The van der Waals surface area contributed by atoms with Crippen LogP contribution in [0.4, 0.5) is 5.69 Å². The van der Waals surface area contributed by atoms with Crippen LogP contribution in [0.25, 0.3) is 0 Å². The topological polar surface area (TPSA) is 105 Å². The van der Waals surface area contributed by atoms with Crippen LogP contribution in [0.15, 0.2) is 48.5 Å². The lowest BCUT2D eigenvalue weighted by Gasteiger charge is -2.24. The number of nitrogen functional groups attached to an aromatic ring is 1. The third-order valence-corrected chi connectivity index (χ3v) is 4.01. The molecule has 25 heavy (non-hydrogen) atoms. The number of benzene rings is 2. The zero-order valence-corrected chi connectivity index (χ0v) is 14.5. The molecular formula is C18H21ClN2O4. The van der Waals surface area contributed by atoms with Gasteiger partial charge >= 0.3 is 0 Å². The fraction of sp³-hybridized carbons (Fsp3) is 0.278. The van der Waals surface area contributed by atoms with Crippen molar-refractivity contribution in [2.24, 2.45) is 0 Å². The number of carbonyl (C=O) groups excluding carboxylic acids is 1. The van der Waals surface area contributed by atoms with E-state index in [0.29, 0.717) is 22.0 Å². The van der Waals surface area contributed by atoms with Gasteiger partial charge in [0.05, 0.1) is 17.7 Å². The fourth-order valence-corrected chi connectivity index (χ4v) is 2.41. The highest BCUT2D eigenvalue weighted by Crippen LogP contribution is 2.24. The van der Waals surface area contributed by atoms with E-state index in [1.807, 2.05) is 0 Å². The molecule has 0 aliphatic heterocycles. The van der Waals surface area contributed by atoms with E-state index in [0.717, 1.165) is 0 Å². The molecule has 134 valence electrons. The number of halogens is 1. The van der Waals surface area contributed by atoms with Crippen LogP contribution in [0, 0.1) is 0 Å². The van der Waals surface area contributed by atoms with Crippen molar-refractivity contribution < 1.29 is 19.7 Å². The van der Waals surface area contributed by atoms with Gasteiger partial charge in [0, 0.05) is 5.69 Å². The van der Waals surface area contributed by atoms with Gasteiger partial charge in [0.15, 0.2) is 6.10 Å². The first-order valence-electron chi connectivity index (χ1n) is 7.78. The number of rotatable bonds is 7. The lowest BCUT2D eigenvalue weighted by atomic mass is 10.0. The summed E-state index contributed by atoms with van der Waals surface area (Å²) >= 11 is 6.00. The SMILES string of the molecule is CC(Oc1ccccc1Cl)C(=O)NC(CO)C(O)c1ccc(N)cc1. The molecule has 7 heteroatoms. The molecule has 0 spiro atoms. The summed E-state index contributed by atoms with van der Waals surface area (Å²) < 4.78 is 5.53. The quantitative estimate of drug-likeness (QED) is 0.562. The maximum Gasteiger partial charge on any atom is 0.261 e.